The summed E-state index contributed by atoms with van der Waals surface area (Å²) in [5.74, 6) is -0.0430. The minimum atomic E-state index is -3.19. The maximum absolute atomic E-state index is 14.6. The van der Waals surface area contributed by atoms with Crippen LogP contribution in [-0.4, -0.2) is 74.5 Å². The zero-order valence-corrected chi connectivity index (χ0v) is 23.5. The molecule has 1 aromatic carbocycles. The Labute approximate surface area is 235 Å². The molecule has 0 saturated carbocycles. The third-order valence-electron chi connectivity index (χ3n) is 6.65. The number of hydrogen-bond acceptors (Lipinski definition) is 8. The van der Waals surface area contributed by atoms with E-state index in [4.69, 9.17) is 9.97 Å². The van der Waals surface area contributed by atoms with E-state index >= 15 is 0 Å². The van der Waals surface area contributed by atoms with Gasteiger partial charge in [0.25, 0.3) is 0 Å². The number of pyridine rings is 3. The van der Waals surface area contributed by atoms with Crippen LogP contribution in [-0.2, 0) is 22.8 Å². The first-order valence-electron chi connectivity index (χ1n) is 12.9. The molecule has 6 rings (SSSR count). The number of aryl methyl sites for hydroxylation is 1. The Morgan fingerprint density at radius 3 is 2.49 bits per heavy atom. The number of nitrogens with zero attached hydrogens (tertiary/aromatic N) is 6. The number of sulfone groups is 1. The summed E-state index contributed by atoms with van der Waals surface area (Å²) >= 11 is 0. The van der Waals surface area contributed by atoms with Crippen molar-refractivity contribution in [3.05, 3.63) is 78.1 Å². The summed E-state index contributed by atoms with van der Waals surface area (Å²) < 4.78 is 37.9. The van der Waals surface area contributed by atoms with Gasteiger partial charge >= 0.3 is 0 Å². The second-order valence-corrected chi connectivity index (χ2v) is 12.6. The van der Waals surface area contributed by atoms with Gasteiger partial charge in [0, 0.05) is 42.5 Å². The first-order valence-corrected chi connectivity index (χ1v) is 14.9. The third kappa shape index (κ3) is 5.70. The van der Waals surface area contributed by atoms with Crippen molar-refractivity contribution >= 4 is 31.9 Å². The summed E-state index contributed by atoms with van der Waals surface area (Å²) in [4.78, 5) is 23.8. The Hall–Kier alpha value is -4.55. The minimum absolute atomic E-state index is 0.0673. The molecule has 0 aliphatic carbocycles. The third-order valence-corrected chi connectivity index (χ3v) is 7.59. The Morgan fingerprint density at radius 1 is 0.878 bits per heavy atom. The number of H-pyrrole nitrogens is 2. The molecule has 0 saturated heterocycles. The van der Waals surface area contributed by atoms with Gasteiger partial charge in [-0.25, -0.2) is 22.8 Å². The minimum Gasteiger partial charge on any atom is -0.335 e. The van der Waals surface area contributed by atoms with Crippen LogP contribution in [0.4, 0.5) is 4.39 Å². The predicted octanol–water partition coefficient (Wildman–Crippen LogP) is 4.41. The Bertz CT molecular complexity index is 2020. The number of benzene rings is 1. The lowest BCUT2D eigenvalue weighted by Gasteiger charge is -2.10. The van der Waals surface area contributed by atoms with Gasteiger partial charge in [0.05, 0.1) is 34.2 Å². The summed E-state index contributed by atoms with van der Waals surface area (Å²) in [5.41, 5.74) is 7.64. The molecule has 12 heteroatoms. The van der Waals surface area contributed by atoms with Gasteiger partial charge in [0.1, 0.15) is 21.2 Å². The van der Waals surface area contributed by atoms with Gasteiger partial charge in [0.15, 0.2) is 11.5 Å². The van der Waals surface area contributed by atoms with Crippen LogP contribution < -0.4 is 0 Å². The molecule has 2 N–H and O–H groups in total. The number of rotatable bonds is 8. The highest BCUT2D eigenvalue weighted by Gasteiger charge is 2.18. The Balaban J connectivity index is 1.40. The molecule has 41 heavy (non-hydrogen) atoms. The maximum Gasteiger partial charge on any atom is 0.161 e. The molecule has 208 valence electrons. The molecule has 0 amide bonds. The standard InChI is InChI=1S/C29H27FN8O2S/c1-38(2)16-18-9-20(13-31-12-18)23-4-5-24-27(33-23)28(37-36-24)29-34-25-15-32-14-22(26(25)35-29)19-8-17(10-21(30)11-19)6-7-41(3,39)40/h4-5,8-15H,6-7,16H2,1-3H3,(H,34,35)(H,36,37). The van der Waals surface area contributed by atoms with E-state index < -0.39 is 15.7 Å². The smallest absolute Gasteiger partial charge is 0.161 e. The number of aromatic nitrogens is 7. The summed E-state index contributed by atoms with van der Waals surface area (Å²) in [5, 5.41) is 7.52. The van der Waals surface area contributed by atoms with Gasteiger partial charge in [-0.3, -0.25) is 15.1 Å². The van der Waals surface area contributed by atoms with Crippen molar-refractivity contribution in [2.75, 3.05) is 26.1 Å². The van der Waals surface area contributed by atoms with Crippen molar-refractivity contribution in [2.24, 2.45) is 0 Å². The van der Waals surface area contributed by atoms with Gasteiger partial charge in [-0.2, -0.15) is 5.10 Å². The van der Waals surface area contributed by atoms with E-state index in [1.807, 2.05) is 32.4 Å². The van der Waals surface area contributed by atoms with Crippen molar-refractivity contribution in [1.29, 1.82) is 0 Å². The predicted molar refractivity (Wildman–Crippen MR) is 156 cm³/mol. The Morgan fingerprint density at radius 2 is 1.68 bits per heavy atom. The highest BCUT2D eigenvalue weighted by Crippen LogP contribution is 2.32. The molecule has 10 nitrogen and oxygen atoms in total. The monoisotopic (exact) mass is 570 g/mol. The second-order valence-electron chi connectivity index (χ2n) is 10.4. The molecule has 0 radical (unpaired) electrons. The van der Waals surface area contributed by atoms with E-state index in [9.17, 15) is 12.8 Å². The van der Waals surface area contributed by atoms with Gasteiger partial charge in [-0.1, -0.05) is 6.07 Å². The average Bonchev–Trinajstić information content (AvgIpc) is 3.54. The quantitative estimate of drug-likeness (QED) is 0.275. The first-order chi connectivity index (χ1) is 19.6. The molecule has 5 heterocycles. The molecule has 0 aliphatic heterocycles. The lowest BCUT2D eigenvalue weighted by atomic mass is 10.0. The van der Waals surface area contributed by atoms with Crippen LogP contribution in [0.2, 0.25) is 0 Å². The molecule has 0 fully saturated rings. The van der Waals surface area contributed by atoms with Crippen LogP contribution in [0.25, 0.3) is 56.0 Å². The molecule has 6 aromatic rings. The topological polar surface area (TPSA) is 133 Å². The highest BCUT2D eigenvalue weighted by atomic mass is 32.2. The SMILES string of the molecule is CN(C)Cc1cncc(-c2ccc3[nH]nc(-c4nc5c(-c6cc(F)cc(CCS(C)(=O)=O)c6)cncc5[nH]4)c3n2)c1. The lowest BCUT2D eigenvalue weighted by Crippen LogP contribution is -2.10. The summed E-state index contributed by atoms with van der Waals surface area (Å²) in [6.07, 6.45) is 8.27. The van der Waals surface area contributed by atoms with Crippen LogP contribution >= 0.6 is 0 Å². The fourth-order valence-corrected chi connectivity index (χ4v) is 5.42. The van der Waals surface area contributed by atoms with Gasteiger partial charge in [0.2, 0.25) is 0 Å². The van der Waals surface area contributed by atoms with Gasteiger partial charge in [-0.05, 0) is 67.5 Å². The van der Waals surface area contributed by atoms with Gasteiger partial charge in [-0.15, -0.1) is 0 Å². The lowest BCUT2D eigenvalue weighted by molar-refractivity contribution is 0.402. The molecule has 0 bridgehead atoms. The Kier molecular flexibility index (Phi) is 6.80. The van der Waals surface area contributed by atoms with E-state index in [1.54, 1.807) is 24.7 Å². The van der Waals surface area contributed by atoms with Crippen LogP contribution in [0.15, 0.2) is 61.2 Å². The largest absolute Gasteiger partial charge is 0.335 e. The highest BCUT2D eigenvalue weighted by molar-refractivity contribution is 7.90. The molecule has 0 spiro atoms. The van der Waals surface area contributed by atoms with Crippen LogP contribution in [0.5, 0.6) is 0 Å². The maximum atomic E-state index is 14.6. The van der Waals surface area contributed by atoms with Crippen molar-refractivity contribution in [1.82, 2.24) is 40.0 Å². The molecular formula is C29H27FN8O2S. The summed E-state index contributed by atoms with van der Waals surface area (Å²) in [6, 6.07) is 10.4. The number of halogens is 1. The first kappa shape index (κ1) is 26.7. The van der Waals surface area contributed by atoms with Crippen molar-refractivity contribution in [3.8, 4) is 33.9 Å². The zero-order chi connectivity index (χ0) is 28.7. The van der Waals surface area contributed by atoms with Crippen LogP contribution in [0.3, 0.4) is 0 Å². The number of aromatic amines is 2. The van der Waals surface area contributed by atoms with Crippen LogP contribution in [0, 0.1) is 5.82 Å². The molecule has 5 aromatic heterocycles. The molecular weight excluding hydrogens is 543 g/mol. The summed E-state index contributed by atoms with van der Waals surface area (Å²) in [7, 11) is 0.830. The van der Waals surface area contributed by atoms with Gasteiger partial charge < -0.3 is 9.88 Å². The van der Waals surface area contributed by atoms with E-state index in [0.717, 1.165) is 28.9 Å². The molecule has 0 aliphatic rings. The number of imidazole rings is 1. The van der Waals surface area contributed by atoms with Crippen molar-refractivity contribution in [2.45, 2.75) is 13.0 Å². The van der Waals surface area contributed by atoms with Crippen molar-refractivity contribution < 1.29 is 12.8 Å². The van der Waals surface area contributed by atoms with E-state index in [1.165, 1.54) is 18.4 Å². The number of hydrogen-bond donors (Lipinski definition) is 2. The fraction of sp³-hybridized carbons (Fsp3) is 0.207. The van der Waals surface area contributed by atoms with Crippen molar-refractivity contribution in [3.63, 3.8) is 0 Å². The molecule has 0 unspecified atom stereocenters. The molecule has 0 atom stereocenters. The zero-order valence-electron chi connectivity index (χ0n) is 22.7. The number of nitrogens with one attached hydrogen (secondary N) is 2. The average molecular weight is 571 g/mol. The van der Waals surface area contributed by atoms with E-state index in [-0.39, 0.29) is 12.2 Å². The summed E-state index contributed by atoms with van der Waals surface area (Å²) in [6.45, 7) is 0.764. The second kappa shape index (κ2) is 10.5. The van der Waals surface area contributed by atoms with Crippen LogP contribution in [0.1, 0.15) is 11.1 Å². The van der Waals surface area contributed by atoms with E-state index in [2.05, 4.69) is 36.1 Å². The normalized spacial score (nSPS) is 12.1. The fourth-order valence-electron chi connectivity index (χ4n) is 4.81. The van der Waals surface area contributed by atoms with E-state index in [0.29, 0.717) is 44.8 Å². The number of fused-ring (bicyclic) bond motifs is 2.